The third kappa shape index (κ3) is 2.71. The Morgan fingerprint density at radius 1 is 1.26 bits per heavy atom. The van der Waals surface area contributed by atoms with E-state index in [1.807, 2.05) is 6.21 Å². The van der Waals surface area contributed by atoms with Gasteiger partial charge in [0.1, 0.15) is 0 Å². The molecule has 0 heterocycles. The van der Waals surface area contributed by atoms with Crippen molar-refractivity contribution in [3.63, 3.8) is 0 Å². The van der Waals surface area contributed by atoms with Crippen LogP contribution in [-0.4, -0.2) is 12.1 Å². The number of halogens is 1. The summed E-state index contributed by atoms with van der Waals surface area (Å²) in [5.41, 5.74) is 3.13. The predicted molar refractivity (Wildman–Crippen MR) is 76.3 cm³/mol. The van der Waals surface area contributed by atoms with Crippen molar-refractivity contribution in [2.75, 3.05) is 0 Å². The summed E-state index contributed by atoms with van der Waals surface area (Å²) in [4.78, 5) is 11.8. The van der Waals surface area contributed by atoms with E-state index < -0.39 is 0 Å². The van der Waals surface area contributed by atoms with Gasteiger partial charge in [-0.3, -0.25) is 4.79 Å². The Bertz CT molecular complexity index is 536. The monoisotopic (exact) mass is 274 g/mol. The third-order valence-electron chi connectivity index (χ3n) is 3.87. The molecule has 3 atom stereocenters. The Kier molecular flexibility index (Phi) is 3.38. The van der Waals surface area contributed by atoms with Crippen molar-refractivity contribution < 1.29 is 4.79 Å². The molecule has 1 aromatic rings. The van der Waals surface area contributed by atoms with E-state index in [9.17, 15) is 4.79 Å². The van der Waals surface area contributed by atoms with Crippen molar-refractivity contribution in [1.82, 2.24) is 5.43 Å². The van der Waals surface area contributed by atoms with Gasteiger partial charge in [0.15, 0.2) is 0 Å². The largest absolute Gasteiger partial charge is 0.271 e. The van der Waals surface area contributed by atoms with Gasteiger partial charge in [-0.2, -0.15) is 5.10 Å². The number of amides is 1. The van der Waals surface area contributed by atoms with Crippen LogP contribution in [0.5, 0.6) is 0 Å². The molecule has 3 rings (SSSR count). The Hall–Kier alpha value is -1.61. The minimum absolute atomic E-state index is 0.202. The van der Waals surface area contributed by atoms with Crippen LogP contribution >= 0.6 is 11.6 Å². The zero-order valence-electron chi connectivity index (χ0n) is 10.4. The first kappa shape index (κ1) is 12.4. The average molecular weight is 275 g/mol. The summed E-state index contributed by atoms with van der Waals surface area (Å²) in [5, 5.41) is 4.70. The summed E-state index contributed by atoms with van der Waals surface area (Å²) in [6.45, 7) is 0. The molecule has 0 spiro atoms. The summed E-state index contributed by atoms with van der Waals surface area (Å²) >= 11 is 5.78. The highest BCUT2D eigenvalue weighted by Gasteiger charge is 2.34. The number of nitrogens with zero attached hydrogens (tertiary/aromatic N) is 1. The van der Waals surface area contributed by atoms with Crippen molar-refractivity contribution in [2.24, 2.45) is 22.9 Å². The number of hydrogen-bond donors (Lipinski definition) is 1. The van der Waals surface area contributed by atoms with Crippen LogP contribution in [0.1, 0.15) is 23.2 Å². The fourth-order valence-electron chi connectivity index (χ4n) is 2.85. The number of benzene rings is 1. The van der Waals surface area contributed by atoms with Gasteiger partial charge in [-0.1, -0.05) is 23.8 Å². The van der Waals surface area contributed by atoms with Gasteiger partial charge in [0.05, 0.1) is 0 Å². The van der Waals surface area contributed by atoms with Crippen LogP contribution in [0.2, 0.25) is 5.02 Å². The lowest BCUT2D eigenvalue weighted by atomic mass is 9.95. The fourth-order valence-corrected chi connectivity index (χ4v) is 2.98. The lowest BCUT2D eigenvalue weighted by molar-refractivity contribution is 0.0955. The predicted octanol–water partition coefficient (Wildman–Crippen LogP) is 3.27. The van der Waals surface area contributed by atoms with Crippen LogP contribution < -0.4 is 5.43 Å². The van der Waals surface area contributed by atoms with Gasteiger partial charge >= 0.3 is 0 Å². The number of rotatable bonds is 3. The van der Waals surface area contributed by atoms with Crippen LogP contribution in [0.3, 0.4) is 0 Å². The molecule has 19 heavy (non-hydrogen) atoms. The smallest absolute Gasteiger partial charge is 0.267 e. The molecule has 1 N–H and O–H groups in total. The van der Waals surface area contributed by atoms with Crippen molar-refractivity contribution >= 4 is 23.7 Å². The van der Waals surface area contributed by atoms with Crippen LogP contribution in [0.4, 0.5) is 0 Å². The Morgan fingerprint density at radius 2 is 2.05 bits per heavy atom. The van der Waals surface area contributed by atoms with Crippen molar-refractivity contribution in [3.8, 4) is 0 Å². The van der Waals surface area contributed by atoms with Gasteiger partial charge in [0.2, 0.25) is 0 Å². The summed E-state index contributed by atoms with van der Waals surface area (Å²) in [5.74, 6) is 1.60. The van der Waals surface area contributed by atoms with Gasteiger partial charge in [0.25, 0.3) is 5.91 Å². The maximum Gasteiger partial charge on any atom is 0.271 e. The normalized spacial score (nSPS) is 28.2. The summed E-state index contributed by atoms with van der Waals surface area (Å²) < 4.78 is 0. The van der Waals surface area contributed by atoms with E-state index in [4.69, 9.17) is 11.6 Å². The summed E-state index contributed by atoms with van der Waals surface area (Å²) in [6.07, 6.45) is 8.83. The van der Waals surface area contributed by atoms with E-state index in [2.05, 4.69) is 22.7 Å². The zero-order chi connectivity index (χ0) is 13.2. The molecule has 3 nitrogen and oxygen atoms in total. The topological polar surface area (TPSA) is 41.5 Å². The molecule has 0 saturated heterocycles. The quantitative estimate of drug-likeness (QED) is 0.513. The second-order valence-electron chi connectivity index (χ2n) is 5.17. The Morgan fingerprint density at radius 3 is 2.68 bits per heavy atom. The maximum atomic E-state index is 11.8. The molecular weight excluding hydrogens is 260 g/mol. The van der Waals surface area contributed by atoms with Crippen molar-refractivity contribution in [1.29, 1.82) is 0 Å². The van der Waals surface area contributed by atoms with Gasteiger partial charge in [-0.15, -0.1) is 0 Å². The first-order chi connectivity index (χ1) is 9.22. The Balaban J connectivity index is 1.56. The number of allylic oxidation sites excluding steroid dienone is 2. The SMILES string of the molecule is O=C(N/N=C\[C@H]1C[C@H]2C=C[C@H]1C2)c1ccc(Cl)cc1. The molecule has 1 saturated carbocycles. The number of nitrogens with one attached hydrogen (secondary N) is 1. The summed E-state index contributed by atoms with van der Waals surface area (Å²) in [7, 11) is 0. The minimum Gasteiger partial charge on any atom is -0.267 e. The molecule has 0 radical (unpaired) electrons. The molecule has 1 aromatic carbocycles. The van der Waals surface area contributed by atoms with Gasteiger partial charge in [-0.05, 0) is 48.9 Å². The third-order valence-corrected chi connectivity index (χ3v) is 4.12. The highest BCUT2D eigenvalue weighted by atomic mass is 35.5. The number of hydrogen-bond acceptors (Lipinski definition) is 2. The van der Waals surface area contributed by atoms with E-state index in [-0.39, 0.29) is 5.91 Å². The van der Waals surface area contributed by atoms with Crippen LogP contribution in [0.25, 0.3) is 0 Å². The molecule has 98 valence electrons. The lowest BCUT2D eigenvalue weighted by Gasteiger charge is -2.11. The molecule has 2 aliphatic rings. The van der Waals surface area contributed by atoms with Crippen molar-refractivity contribution in [3.05, 3.63) is 47.0 Å². The molecule has 2 bridgehead atoms. The van der Waals surface area contributed by atoms with E-state index in [0.717, 1.165) is 6.42 Å². The van der Waals surface area contributed by atoms with Crippen LogP contribution in [-0.2, 0) is 0 Å². The molecule has 0 aliphatic heterocycles. The minimum atomic E-state index is -0.202. The number of fused-ring (bicyclic) bond motifs is 2. The molecule has 0 aromatic heterocycles. The fraction of sp³-hybridized carbons (Fsp3) is 0.333. The van der Waals surface area contributed by atoms with Crippen LogP contribution in [0, 0.1) is 17.8 Å². The molecule has 1 amide bonds. The van der Waals surface area contributed by atoms with Crippen molar-refractivity contribution in [2.45, 2.75) is 12.8 Å². The van der Waals surface area contributed by atoms with E-state index in [0.29, 0.717) is 28.3 Å². The first-order valence-electron chi connectivity index (χ1n) is 6.50. The second kappa shape index (κ2) is 5.17. The van der Waals surface area contributed by atoms with Gasteiger partial charge in [0, 0.05) is 22.7 Å². The van der Waals surface area contributed by atoms with E-state index in [1.54, 1.807) is 24.3 Å². The number of hydrazone groups is 1. The van der Waals surface area contributed by atoms with Crippen LogP contribution in [0.15, 0.2) is 41.5 Å². The Labute approximate surface area is 117 Å². The standard InChI is InChI=1S/C15H15ClN2O/c16-14-5-3-11(4-6-14)15(19)18-17-9-13-8-10-1-2-12(13)7-10/h1-6,9-10,12-13H,7-8H2,(H,18,19)/b17-9-/t10-,12-,13+/m0/s1. The van der Waals surface area contributed by atoms with E-state index in [1.165, 1.54) is 6.42 Å². The molecule has 2 aliphatic carbocycles. The summed E-state index contributed by atoms with van der Waals surface area (Å²) in [6, 6.07) is 6.77. The molecule has 0 unspecified atom stereocenters. The number of carbonyl (C=O) groups is 1. The first-order valence-corrected chi connectivity index (χ1v) is 6.87. The van der Waals surface area contributed by atoms with E-state index >= 15 is 0 Å². The highest BCUT2D eigenvalue weighted by Crippen LogP contribution is 2.42. The average Bonchev–Trinajstić information content (AvgIpc) is 3.02. The molecule has 4 heteroatoms. The zero-order valence-corrected chi connectivity index (χ0v) is 11.2. The molecular formula is C15H15ClN2O. The van der Waals surface area contributed by atoms with Gasteiger partial charge in [-0.25, -0.2) is 5.43 Å². The molecule has 1 fully saturated rings. The van der Waals surface area contributed by atoms with Gasteiger partial charge < -0.3 is 0 Å². The number of carbonyl (C=O) groups excluding carboxylic acids is 1. The maximum absolute atomic E-state index is 11.8. The second-order valence-corrected chi connectivity index (χ2v) is 5.61. The highest BCUT2D eigenvalue weighted by molar-refractivity contribution is 6.30. The lowest BCUT2D eigenvalue weighted by Crippen LogP contribution is -2.19.